The quantitative estimate of drug-likeness (QED) is 0.414. The molecule has 0 amide bonds. The van der Waals surface area contributed by atoms with Crippen LogP contribution in [0.1, 0.15) is 6.92 Å². The third kappa shape index (κ3) is 5.88. The standard InChI is InChI=1S/C8H15O3/c1-4-9-7-8(10-5-2)11-6-3/h5,8H,1-2,4,6-7H2,3H3. The maximum atomic E-state index is 5.14. The van der Waals surface area contributed by atoms with E-state index in [-0.39, 0.29) is 6.29 Å². The molecule has 0 rings (SSSR count). The first kappa shape index (κ1) is 10.5. The van der Waals surface area contributed by atoms with Crippen LogP contribution in [0.25, 0.3) is 0 Å². The maximum Gasteiger partial charge on any atom is 0.222 e. The first-order valence-electron chi connectivity index (χ1n) is 3.60. The van der Waals surface area contributed by atoms with E-state index in [0.717, 1.165) is 0 Å². The van der Waals surface area contributed by atoms with Crippen molar-refractivity contribution in [2.75, 3.05) is 19.8 Å². The fraction of sp³-hybridized carbons (Fsp3) is 0.625. The summed E-state index contributed by atoms with van der Waals surface area (Å²) >= 11 is 0. The molecule has 0 N–H and O–H groups in total. The smallest absolute Gasteiger partial charge is 0.222 e. The predicted octanol–water partition coefficient (Wildman–Crippen LogP) is 1.36. The van der Waals surface area contributed by atoms with Crippen LogP contribution in [0.3, 0.4) is 0 Å². The monoisotopic (exact) mass is 159 g/mol. The van der Waals surface area contributed by atoms with E-state index in [0.29, 0.717) is 19.8 Å². The molecule has 0 aliphatic heterocycles. The van der Waals surface area contributed by atoms with Crippen molar-refractivity contribution in [1.29, 1.82) is 0 Å². The van der Waals surface area contributed by atoms with Gasteiger partial charge in [-0.3, -0.25) is 0 Å². The van der Waals surface area contributed by atoms with Gasteiger partial charge in [-0.15, -0.1) is 0 Å². The molecule has 0 aromatic rings. The molecular formula is C8H15O3. The Morgan fingerprint density at radius 2 is 2.27 bits per heavy atom. The fourth-order valence-electron chi connectivity index (χ4n) is 0.599. The lowest BCUT2D eigenvalue weighted by molar-refractivity contribution is -0.137. The maximum absolute atomic E-state index is 5.14. The van der Waals surface area contributed by atoms with Gasteiger partial charge in [0.2, 0.25) is 6.29 Å². The number of ether oxygens (including phenoxy) is 3. The van der Waals surface area contributed by atoms with Crippen LogP contribution in [0.5, 0.6) is 0 Å². The van der Waals surface area contributed by atoms with E-state index in [1.807, 2.05) is 6.92 Å². The number of rotatable bonds is 7. The fourth-order valence-corrected chi connectivity index (χ4v) is 0.599. The molecule has 0 aliphatic carbocycles. The zero-order chi connectivity index (χ0) is 8.53. The average Bonchev–Trinajstić information content (AvgIpc) is 2.01. The normalized spacial score (nSPS) is 12.5. The Kier molecular flexibility index (Phi) is 7.19. The molecule has 65 valence electrons. The van der Waals surface area contributed by atoms with E-state index in [9.17, 15) is 0 Å². The molecule has 0 saturated heterocycles. The molecule has 0 aromatic heterocycles. The van der Waals surface area contributed by atoms with E-state index >= 15 is 0 Å². The second-order valence-electron chi connectivity index (χ2n) is 1.76. The highest BCUT2D eigenvalue weighted by Gasteiger charge is 2.05. The molecule has 1 atom stereocenters. The van der Waals surface area contributed by atoms with Crippen molar-refractivity contribution >= 4 is 0 Å². The topological polar surface area (TPSA) is 27.7 Å². The van der Waals surface area contributed by atoms with Gasteiger partial charge in [0.15, 0.2) is 0 Å². The molecule has 0 heterocycles. The Balaban J connectivity index is 3.41. The molecule has 0 spiro atoms. The van der Waals surface area contributed by atoms with E-state index in [4.69, 9.17) is 14.2 Å². The van der Waals surface area contributed by atoms with Gasteiger partial charge in [0, 0.05) is 13.2 Å². The molecule has 3 nitrogen and oxygen atoms in total. The summed E-state index contributed by atoms with van der Waals surface area (Å²) in [6.45, 7) is 10.2. The van der Waals surface area contributed by atoms with Crippen molar-refractivity contribution < 1.29 is 14.2 Å². The van der Waals surface area contributed by atoms with Crippen molar-refractivity contribution in [3.05, 3.63) is 19.8 Å². The SMILES string of the molecule is [CH2]COCC(OC=C)OCC. The van der Waals surface area contributed by atoms with Gasteiger partial charge in [0.1, 0.15) is 6.61 Å². The summed E-state index contributed by atoms with van der Waals surface area (Å²) in [5.74, 6) is 0. The van der Waals surface area contributed by atoms with Crippen LogP contribution in [0.4, 0.5) is 0 Å². The first-order valence-corrected chi connectivity index (χ1v) is 3.60. The Morgan fingerprint density at radius 3 is 2.73 bits per heavy atom. The molecule has 0 aromatic carbocycles. The van der Waals surface area contributed by atoms with Gasteiger partial charge in [-0.25, -0.2) is 0 Å². The van der Waals surface area contributed by atoms with Crippen LogP contribution in [0.15, 0.2) is 12.8 Å². The Hall–Kier alpha value is -0.540. The highest BCUT2D eigenvalue weighted by Crippen LogP contribution is 1.95. The van der Waals surface area contributed by atoms with Crippen LogP contribution >= 0.6 is 0 Å². The summed E-state index contributed by atoms with van der Waals surface area (Å²) in [6.07, 6.45) is 0.992. The van der Waals surface area contributed by atoms with Gasteiger partial charge in [0.25, 0.3) is 0 Å². The predicted molar refractivity (Wildman–Crippen MR) is 42.9 cm³/mol. The van der Waals surface area contributed by atoms with Gasteiger partial charge in [0.05, 0.1) is 6.26 Å². The molecular weight excluding hydrogens is 144 g/mol. The van der Waals surface area contributed by atoms with Crippen molar-refractivity contribution in [3.63, 3.8) is 0 Å². The Morgan fingerprint density at radius 1 is 1.55 bits per heavy atom. The zero-order valence-corrected chi connectivity index (χ0v) is 6.91. The van der Waals surface area contributed by atoms with E-state index in [1.54, 1.807) is 0 Å². The molecule has 0 bridgehead atoms. The Labute approximate surface area is 67.9 Å². The van der Waals surface area contributed by atoms with E-state index in [1.165, 1.54) is 6.26 Å². The third-order valence-electron chi connectivity index (χ3n) is 0.999. The summed E-state index contributed by atoms with van der Waals surface area (Å²) in [7, 11) is 0. The summed E-state index contributed by atoms with van der Waals surface area (Å²) in [5, 5.41) is 0. The van der Waals surface area contributed by atoms with Gasteiger partial charge < -0.3 is 14.2 Å². The molecule has 0 fully saturated rings. The van der Waals surface area contributed by atoms with E-state index in [2.05, 4.69) is 13.5 Å². The highest BCUT2D eigenvalue weighted by atomic mass is 16.7. The minimum atomic E-state index is -0.348. The highest BCUT2D eigenvalue weighted by molar-refractivity contribution is 4.53. The van der Waals surface area contributed by atoms with Crippen LogP contribution in [0, 0.1) is 6.92 Å². The summed E-state index contributed by atoms with van der Waals surface area (Å²) in [4.78, 5) is 0. The zero-order valence-electron chi connectivity index (χ0n) is 6.91. The van der Waals surface area contributed by atoms with Crippen molar-refractivity contribution in [3.8, 4) is 0 Å². The summed E-state index contributed by atoms with van der Waals surface area (Å²) < 4.78 is 15.1. The van der Waals surface area contributed by atoms with Gasteiger partial charge in [-0.2, -0.15) is 0 Å². The summed E-state index contributed by atoms with van der Waals surface area (Å²) in [6, 6.07) is 0. The van der Waals surface area contributed by atoms with Crippen molar-refractivity contribution in [1.82, 2.24) is 0 Å². The Bertz CT molecular complexity index is 93.3. The summed E-state index contributed by atoms with van der Waals surface area (Å²) in [5.41, 5.74) is 0. The lowest BCUT2D eigenvalue weighted by atomic mass is 10.6. The lowest BCUT2D eigenvalue weighted by Gasteiger charge is -2.15. The number of hydrogen-bond donors (Lipinski definition) is 0. The largest absolute Gasteiger partial charge is 0.471 e. The van der Waals surface area contributed by atoms with Crippen LogP contribution < -0.4 is 0 Å². The van der Waals surface area contributed by atoms with Crippen LogP contribution in [-0.4, -0.2) is 26.1 Å². The number of hydrogen-bond acceptors (Lipinski definition) is 3. The second kappa shape index (κ2) is 7.57. The first-order chi connectivity index (χ1) is 5.35. The lowest BCUT2D eigenvalue weighted by Crippen LogP contribution is -2.21. The van der Waals surface area contributed by atoms with Gasteiger partial charge in [-0.1, -0.05) is 6.58 Å². The van der Waals surface area contributed by atoms with E-state index < -0.39 is 0 Å². The molecule has 3 heteroatoms. The molecule has 1 unspecified atom stereocenters. The second-order valence-corrected chi connectivity index (χ2v) is 1.76. The van der Waals surface area contributed by atoms with Crippen molar-refractivity contribution in [2.24, 2.45) is 0 Å². The minimum Gasteiger partial charge on any atom is -0.471 e. The van der Waals surface area contributed by atoms with Crippen LogP contribution in [0.2, 0.25) is 0 Å². The minimum absolute atomic E-state index is 0.348. The van der Waals surface area contributed by atoms with Gasteiger partial charge >= 0.3 is 0 Å². The molecule has 0 aliphatic rings. The molecule has 1 radical (unpaired) electrons. The molecule has 0 saturated carbocycles. The van der Waals surface area contributed by atoms with Crippen molar-refractivity contribution in [2.45, 2.75) is 13.2 Å². The molecule has 11 heavy (non-hydrogen) atoms. The average molecular weight is 159 g/mol. The third-order valence-corrected chi connectivity index (χ3v) is 0.999. The van der Waals surface area contributed by atoms with Crippen LogP contribution in [-0.2, 0) is 14.2 Å². The van der Waals surface area contributed by atoms with Gasteiger partial charge in [-0.05, 0) is 13.8 Å².